The zero-order chi connectivity index (χ0) is 86.9. The highest BCUT2D eigenvalue weighted by molar-refractivity contribution is 5.35. The first kappa shape index (κ1) is 103. The van der Waals surface area contributed by atoms with Gasteiger partial charge in [0.2, 0.25) is 0 Å². The Morgan fingerprint density at radius 2 is 0.509 bits per heavy atom. The molecule has 0 saturated heterocycles. The van der Waals surface area contributed by atoms with Crippen molar-refractivity contribution in [3.8, 4) is 0 Å². The van der Waals surface area contributed by atoms with Crippen molar-refractivity contribution in [1.29, 1.82) is 0 Å². The molecule has 0 N–H and O–H groups in total. The molecule has 0 aliphatic carbocycles. The van der Waals surface area contributed by atoms with Crippen molar-refractivity contribution in [3.63, 3.8) is 0 Å². The van der Waals surface area contributed by atoms with Gasteiger partial charge in [-0.05, 0) is 254 Å². The fourth-order valence-electron chi connectivity index (χ4n) is 10.9. The first-order valence-electron chi connectivity index (χ1n) is 41.4. The van der Waals surface area contributed by atoms with Gasteiger partial charge in [0.05, 0.1) is 5.41 Å². The van der Waals surface area contributed by atoms with Gasteiger partial charge in [-0.3, -0.25) is 0 Å². The van der Waals surface area contributed by atoms with Crippen LogP contribution < -0.4 is 0 Å². The van der Waals surface area contributed by atoms with Gasteiger partial charge in [-0.25, -0.2) is 0 Å². The standard InChI is InChI=1S/C12H15F3.2C12H18.3C11H16.C10H14.C9H12.2C8H10.C7H8/c1-9-4-6-10(7-5-9)8-11(2,3)12(13,14)15;1-9-6-7-11(8-10(9)2)12(3,4)5;1-10-5-7-11(8-6-10)9-12(2,3)4;1-9-5-7-10(8-6-9)11(2,3)4;1-8(2)11-6-5-9(3)10(4)7-11;1-9(2)8-11-6-4-10(3)5-7-11;1-8(2)10-6-4-9(3)5-7-10;1-7-4-5-8(2)9(3)6-7;1-7-3-5-8(2)6-4-7;1-7-5-3-4-6-8(7)2;1-7-5-3-2-4-6-7/h4-7H,8H2,1-3H3;6-8H,1-5H3;5-8H,9H2,1-4H3;2*5-8H,1-4H3;4-7,9H,8H2,1-3H3;4-8H,1-3H3;4-6H,1-3H3;2*3-6H,1-2H3;2-6H,1H3. The van der Waals surface area contributed by atoms with Crippen molar-refractivity contribution in [2.24, 2.45) is 16.7 Å². The van der Waals surface area contributed by atoms with E-state index in [9.17, 15) is 13.2 Å². The number of hydrogen-bond acceptors (Lipinski definition) is 0. The minimum atomic E-state index is -4.15. The van der Waals surface area contributed by atoms with E-state index in [1.165, 1.54) is 143 Å². The Hall–Kier alpha value is -8.79. The lowest BCUT2D eigenvalue weighted by Crippen LogP contribution is -2.34. The number of benzene rings is 11. The molecular weight excluding hydrogens is 1390 g/mol. The Labute approximate surface area is 697 Å². The van der Waals surface area contributed by atoms with E-state index in [2.05, 4.69) is 427 Å². The van der Waals surface area contributed by atoms with E-state index in [-0.39, 0.29) is 17.3 Å². The molecule has 0 bridgehead atoms. The molecule has 0 heterocycles. The molecule has 0 atom stereocenters. The molecule has 0 unspecified atom stereocenters. The number of aryl methyl sites for hydroxylation is 17. The molecule has 11 rings (SSSR count). The summed E-state index contributed by atoms with van der Waals surface area (Å²) in [6.45, 7) is 72.0. The largest absolute Gasteiger partial charge is 0.394 e. The van der Waals surface area contributed by atoms with Crippen molar-refractivity contribution in [2.75, 3.05) is 0 Å². The van der Waals surface area contributed by atoms with E-state index < -0.39 is 11.6 Å². The van der Waals surface area contributed by atoms with Crippen LogP contribution >= 0.6 is 0 Å². The fourth-order valence-corrected chi connectivity index (χ4v) is 10.9. The zero-order valence-corrected chi connectivity index (χ0v) is 77.7. The minimum Gasteiger partial charge on any atom is -0.171 e. The first-order chi connectivity index (χ1) is 52.8. The van der Waals surface area contributed by atoms with Gasteiger partial charge in [-0.15, -0.1) is 0 Å². The number of halogens is 3. The number of hydrogen-bond donors (Lipinski definition) is 0. The smallest absolute Gasteiger partial charge is 0.171 e. The van der Waals surface area contributed by atoms with Gasteiger partial charge in [0.1, 0.15) is 0 Å². The topological polar surface area (TPSA) is 0 Å². The Kier molecular flexibility index (Phi) is 46.4. The Balaban J connectivity index is 0.000000630. The summed E-state index contributed by atoms with van der Waals surface area (Å²) in [7, 11) is 0. The van der Waals surface area contributed by atoms with Gasteiger partial charge in [-0.2, -0.15) is 13.2 Å². The van der Waals surface area contributed by atoms with Crippen molar-refractivity contribution < 1.29 is 13.2 Å². The van der Waals surface area contributed by atoms with Crippen LogP contribution in [0.3, 0.4) is 0 Å². The van der Waals surface area contributed by atoms with E-state index in [4.69, 9.17) is 0 Å². The molecule has 0 nitrogen and oxygen atoms in total. The van der Waals surface area contributed by atoms with Gasteiger partial charge in [0.15, 0.2) is 0 Å². The Morgan fingerprint density at radius 1 is 0.237 bits per heavy atom. The highest BCUT2D eigenvalue weighted by atomic mass is 19.4. The molecule has 3 heteroatoms. The predicted octanol–water partition coefficient (Wildman–Crippen LogP) is 33.6. The molecule has 11 aromatic carbocycles. The van der Waals surface area contributed by atoms with E-state index in [0.717, 1.165) is 23.5 Å². The van der Waals surface area contributed by atoms with Gasteiger partial charge in [-0.1, -0.05) is 423 Å². The molecule has 0 spiro atoms. The van der Waals surface area contributed by atoms with Crippen LogP contribution in [0, 0.1) is 134 Å². The van der Waals surface area contributed by atoms with Crippen molar-refractivity contribution >= 4 is 0 Å². The van der Waals surface area contributed by atoms with Crippen LogP contribution in [0.4, 0.5) is 13.2 Å². The number of alkyl halides is 3. The van der Waals surface area contributed by atoms with Crippen LogP contribution in [0.25, 0.3) is 0 Å². The molecular formula is C111H153F3. The average molecular weight is 1540 g/mol. The van der Waals surface area contributed by atoms with Crippen LogP contribution in [0.2, 0.25) is 0 Å². The SMILES string of the molecule is Cc1ccc(C(C)(C)C)cc1.Cc1ccc(C(C)(C)C)cc1C.Cc1ccc(C(C)C)cc1.Cc1ccc(C(C)C)cc1C.Cc1ccc(C)c(C)c1.Cc1ccc(C)cc1.Cc1ccc(CC(C)(C)C(F)(F)F)cc1.Cc1ccc(CC(C)(C)C)cc1.Cc1ccc(CC(C)C)cc1.Cc1ccccc1.Cc1ccccc1C. The second-order valence-corrected chi connectivity index (χ2v) is 36.6. The molecule has 0 radical (unpaired) electrons. The average Bonchev–Trinajstić information content (AvgIpc) is 0.855. The van der Waals surface area contributed by atoms with Crippen LogP contribution in [0.5, 0.6) is 0 Å². The van der Waals surface area contributed by atoms with E-state index >= 15 is 0 Å². The molecule has 114 heavy (non-hydrogen) atoms. The minimum absolute atomic E-state index is 0.0246. The normalized spacial score (nSPS) is 10.8. The van der Waals surface area contributed by atoms with Crippen LogP contribution in [-0.2, 0) is 30.1 Å². The molecule has 618 valence electrons. The first-order valence-corrected chi connectivity index (χ1v) is 41.4. The highest BCUT2D eigenvalue weighted by Gasteiger charge is 2.47. The maximum Gasteiger partial charge on any atom is 0.394 e. The predicted molar refractivity (Wildman–Crippen MR) is 502 cm³/mol. The molecule has 0 aliphatic rings. The van der Waals surface area contributed by atoms with E-state index in [1.54, 1.807) is 12.1 Å². The van der Waals surface area contributed by atoms with Crippen LogP contribution in [0.15, 0.2) is 255 Å². The molecule has 0 aromatic heterocycles. The molecule has 0 aliphatic heterocycles. The summed E-state index contributed by atoms with van der Waals surface area (Å²) in [6, 6.07) is 89.2. The maximum atomic E-state index is 12.6. The van der Waals surface area contributed by atoms with Gasteiger partial charge in [0, 0.05) is 0 Å². The molecule has 0 amide bonds. The summed E-state index contributed by atoms with van der Waals surface area (Å²) < 4.78 is 37.8. The van der Waals surface area contributed by atoms with Crippen LogP contribution in [0.1, 0.15) is 263 Å². The van der Waals surface area contributed by atoms with Gasteiger partial charge >= 0.3 is 6.18 Å². The third kappa shape index (κ3) is 46.5. The monoisotopic (exact) mass is 1540 g/mol. The third-order valence-electron chi connectivity index (χ3n) is 19.6. The molecule has 0 fully saturated rings. The summed E-state index contributed by atoms with van der Waals surface area (Å²) in [6.07, 6.45) is -1.78. The van der Waals surface area contributed by atoms with Crippen molar-refractivity contribution in [2.45, 2.75) is 284 Å². The second-order valence-electron chi connectivity index (χ2n) is 36.6. The van der Waals surface area contributed by atoms with Gasteiger partial charge < -0.3 is 0 Å². The molecule has 0 saturated carbocycles. The highest BCUT2D eigenvalue weighted by Crippen LogP contribution is 2.40. The van der Waals surface area contributed by atoms with E-state index in [1.807, 2.05) is 37.3 Å². The maximum absolute atomic E-state index is 12.6. The van der Waals surface area contributed by atoms with Crippen molar-refractivity contribution in [3.05, 3.63) is 388 Å². The second kappa shape index (κ2) is 51.2. The quantitative estimate of drug-likeness (QED) is 0.149. The van der Waals surface area contributed by atoms with Gasteiger partial charge in [0.25, 0.3) is 0 Å². The lowest BCUT2D eigenvalue weighted by molar-refractivity contribution is -0.211. The summed E-state index contributed by atoms with van der Waals surface area (Å²) in [5, 5.41) is 0. The fraction of sp³-hybridized carbons (Fsp3) is 0.405. The van der Waals surface area contributed by atoms with E-state index in [0.29, 0.717) is 17.3 Å². The Morgan fingerprint density at radius 3 is 0.807 bits per heavy atom. The van der Waals surface area contributed by atoms with Crippen LogP contribution in [-0.4, -0.2) is 6.18 Å². The van der Waals surface area contributed by atoms with Crippen molar-refractivity contribution in [1.82, 2.24) is 0 Å². The zero-order valence-electron chi connectivity index (χ0n) is 77.7. The summed E-state index contributed by atoms with van der Waals surface area (Å²) in [5.41, 5.74) is 31.4. The Bertz CT molecular complexity index is 4320. The summed E-state index contributed by atoms with van der Waals surface area (Å²) in [4.78, 5) is 0. The summed E-state index contributed by atoms with van der Waals surface area (Å²) >= 11 is 0. The summed E-state index contributed by atoms with van der Waals surface area (Å²) in [5.74, 6) is 2.06. The lowest BCUT2D eigenvalue weighted by Gasteiger charge is -2.27. The lowest BCUT2D eigenvalue weighted by atomic mass is 9.85. The third-order valence-corrected chi connectivity index (χ3v) is 19.6. The molecule has 11 aromatic rings. The number of rotatable bonds is 7.